The molecule has 0 bridgehead atoms. The Morgan fingerprint density at radius 1 is 0.815 bits per heavy atom. The van der Waals surface area contributed by atoms with Gasteiger partial charge in [0.05, 0.1) is 13.7 Å². The standard InChI is InChI=1S/C22H31N3O2/c1-26-16-15-24-11-13-25(14-12-24)18-20-3-7-21(8-4-20)23-17-19-5-9-22(27-2)10-6-19/h3-10,23H,11-18H2,1-2H3. The molecule has 0 spiro atoms. The lowest BCUT2D eigenvalue weighted by molar-refractivity contribution is 0.0938. The molecule has 146 valence electrons. The predicted molar refractivity (Wildman–Crippen MR) is 110 cm³/mol. The minimum atomic E-state index is 0.812. The molecule has 5 heteroatoms. The summed E-state index contributed by atoms with van der Waals surface area (Å²) < 4.78 is 10.4. The number of nitrogens with zero attached hydrogens (tertiary/aromatic N) is 2. The molecule has 1 saturated heterocycles. The Kier molecular flexibility index (Phi) is 7.51. The fourth-order valence-corrected chi connectivity index (χ4v) is 3.33. The predicted octanol–water partition coefficient (Wildman–Crippen LogP) is 3.07. The summed E-state index contributed by atoms with van der Waals surface area (Å²) in [4.78, 5) is 5.01. The van der Waals surface area contributed by atoms with Crippen LogP contribution in [0, 0.1) is 0 Å². The van der Waals surface area contributed by atoms with Gasteiger partial charge >= 0.3 is 0 Å². The van der Waals surface area contributed by atoms with Crippen LogP contribution in [0.5, 0.6) is 5.75 Å². The molecule has 1 aliphatic rings. The number of ether oxygens (including phenoxy) is 2. The molecule has 2 aromatic rings. The zero-order valence-electron chi connectivity index (χ0n) is 16.5. The summed E-state index contributed by atoms with van der Waals surface area (Å²) in [6.07, 6.45) is 0. The fraction of sp³-hybridized carbons (Fsp3) is 0.455. The molecule has 0 aliphatic carbocycles. The van der Waals surface area contributed by atoms with Gasteiger partial charge in [-0.05, 0) is 35.4 Å². The highest BCUT2D eigenvalue weighted by Crippen LogP contribution is 2.16. The van der Waals surface area contributed by atoms with Crippen LogP contribution < -0.4 is 10.1 Å². The molecule has 3 rings (SSSR count). The van der Waals surface area contributed by atoms with E-state index in [1.54, 1.807) is 14.2 Å². The lowest BCUT2D eigenvalue weighted by Crippen LogP contribution is -2.46. The van der Waals surface area contributed by atoms with Gasteiger partial charge in [0.2, 0.25) is 0 Å². The molecule has 0 atom stereocenters. The number of hydrogen-bond donors (Lipinski definition) is 1. The summed E-state index contributed by atoms with van der Waals surface area (Å²) >= 11 is 0. The van der Waals surface area contributed by atoms with Gasteiger partial charge in [-0.1, -0.05) is 24.3 Å². The molecule has 1 heterocycles. The third-order valence-corrected chi connectivity index (χ3v) is 5.09. The molecule has 0 amide bonds. The summed E-state index contributed by atoms with van der Waals surface area (Å²) in [5, 5.41) is 3.48. The zero-order valence-corrected chi connectivity index (χ0v) is 16.5. The number of methoxy groups -OCH3 is 2. The van der Waals surface area contributed by atoms with Crippen molar-refractivity contribution in [2.75, 3.05) is 58.9 Å². The first-order valence-corrected chi connectivity index (χ1v) is 9.66. The number of anilines is 1. The van der Waals surface area contributed by atoms with Crippen molar-refractivity contribution in [1.29, 1.82) is 0 Å². The maximum Gasteiger partial charge on any atom is 0.118 e. The summed E-state index contributed by atoms with van der Waals surface area (Å²) in [5.74, 6) is 0.891. The SMILES string of the molecule is COCCN1CCN(Cc2ccc(NCc3ccc(OC)cc3)cc2)CC1. The first-order valence-electron chi connectivity index (χ1n) is 9.66. The van der Waals surface area contributed by atoms with E-state index in [0.29, 0.717) is 0 Å². The minimum absolute atomic E-state index is 0.812. The average Bonchev–Trinajstić information content (AvgIpc) is 2.73. The second-order valence-electron chi connectivity index (χ2n) is 7.01. The van der Waals surface area contributed by atoms with Crippen molar-refractivity contribution < 1.29 is 9.47 Å². The van der Waals surface area contributed by atoms with E-state index in [4.69, 9.17) is 9.47 Å². The lowest BCUT2D eigenvalue weighted by atomic mass is 10.1. The molecule has 0 saturated carbocycles. The van der Waals surface area contributed by atoms with Crippen molar-refractivity contribution in [1.82, 2.24) is 9.80 Å². The summed E-state index contributed by atoms with van der Waals surface area (Å²) in [7, 11) is 3.46. The highest BCUT2D eigenvalue weighted by Gasteiger charge is 2.16. The average molecular weight is 370 g/mol. The van der Waals surface area contributed by atoms with Crippen molar-refractivity contribution in [2.45, 2.75) is 13.1 Å². The number of hydrogen-bond acceptors (Lipinski definition) is 5. The molecular formula is C22H31N3O2. The van der Waals surface area contributed by atoms with E-state index < -0.39 is 0 Å². The number of benzene rings is 2. The van der Waals surface area contributed by atoms with Crippen molar-refractivity contribution in [3.63, 3.8) is 0 Å². The van der Waals surface area contributed by atoms with Gasteiger partial charge in [-0.25, -0.2) is 0 Å². The van der Waals surface area contributed by atoms with Crippen molar-refractivity contribution in [3.05, 3.63) is 59.7 Å². The first-order chi connectivity index (χ1) is 13.3. The highest BCUT2D eigenvalue weighted by atomic mass is 16.5. The topological polar surface area (TPSA) is 37.0 Å². The Hall–Kier alpha value is -2.08. The quantitative estimate of drug-likeness (QED) is 0.735. The normalized spacial score (nSPS) is 15.6. The van der Waals surface area contributed by atoms with Crippen LogP contribution in [0.4, 0.5) is 5.69 Å². The third kappa shape index (κ3) is 6.24. The maximum absolute atomic E-state index is 5.20. The second-order valence-corrected chi connectivity index (χ2v) is 7.01. The van der Waals surface area contributed by atoms with E-state index in [1.807, 2.05) is 12.1 Å². The van der Waals surface area contributed by atoms with Crippen molar-refractivity contribution in [2.24, 2.45) is 0 Å². The van der Waals surface area contributed by atoms with Gasteiger partial charge in [0.15, 0.2) is 0 Å². The van der Waals surface area contributed by atoms with E-state index in [1.165, 1.54) is 11.1 Å². The van der Waals surface area contributed by atoms with E-state index in [-0.39, 0.29) is 0 Å². The number of nitrogens with one attached hydrogen (secondary N) is 1. The van der Waals surface area contributed by atoms with Gasteiger partial charge in [0.25, 0.3) is 0 Å². The second kappa shape index (κ2) is 10.3. The largest absolute Gasteiger partial charge is 0.497 e. The Labute approximate surface area is 162 Å². The van der Waals surface area contributed by atoms with Crippen LogP contribution in [0.2, 0.25) is 0 Å². The van der Waals surface area contributed by atoms with Crippen molar-refractivity contribution >= 4 is 5.69 Å². The molecule has 0 radical (unpaired) electrons. The van der Waals surface area contributed by atoms with Crippen LogP contribution in [0.3, 0.4) is 0 Å². The van der Waals surface area contributed by atoms with Gasteiger partial charge in [0, 0.05) is 58.6 Å². The molecule has 1 fully saturated rings. The van der Waals surface area contributed by atoms with Crippen LogP contribution in [-0.4, -0.2) is 63.4 Å². The van der Waals surface area contributed by atoms with E-state index in [2.05, 4.69) is 51.5 Å². The Morgan fingerprint density at radius 3 is 2.07 bits per heavy atom. The van der Waals surface area contributed by atoms with Crippen LogP contribution in [0.1, 0.15) is 11.1 Å². The molecule has 1 N–H and O–H groups in total. The Morgan fingerprint density at radius 2 is 1.44 bits per heavy atom. The van der Waals surface area contributed by atoms with Crippen LogP contribution in [0.15, 0.2) is 48.5 Å². The third-order valence-electron chi connectivity index (χ3n) is 5.09. The lowest BCUT2D eigenvalue weighted by Gasteiger charge is -2.34. The number of rotatable bonds is 9. The van der Waals surface area contributed by atoms with Gasteiger partial charge in [-0.15, -0.1) is 0 Å². The van der Waals surface area contributed by atoms with Gasteiger partial charge < -0.3 is 14.8 Å². The number of piperazine rings is 1. The molecule has 27 heavy (non-hydrogen) atoms. The highest BCUT2D eigenvalue weighted by molar-refractivity contribution is 5.45. The molecule has 0 aromatic heterocycles. The summed E-state index contributed by atoms with van der Waals surface area (Å²) in [6, 6.07) is 17.0. The van der Waals surface area contributed by atoms with E-state index in [9.17, 15) is 0 Å². The Balaban J connectivity index is 1.42. The first kappa shape index (κ1) is 19.7. The molecular weight excluding hydrogens is 338 g/mol. The summed E-state index contributed by atoms with van der Waals surface area (Å²) in [6.45, 7) is 8.21. The molecule has 0 unspecified atom stereocenters. The molecule has 5 nitrogen and oxygen atoms in total. The van der Waals surface area contributed by atoms with Gasteiger partial charge in [-0.2, -0.15) is 0 Å². The minimum Gasteiger partial charge on any atom is -0.497 e. The monoisotopic (exact) mass is 369 g/mol. The smallest absolute Gasteiger partial charge is 0.118 e. The molecule has 2 aromatic carbocycles. The van der Waals surface area contributed by atoms with Crippen LogP contribution in [-0.2, 0) is 17.8 Å². The molecule has 1 aliphatic heterocycles. The van der Waals surface area contributed by atoms with Crippen LogP contribution >= 0.6 is 0 Å². The summed E-state index contributed by atoms with van der Waals surface area (Å²) in [5.41, 5.74) is 3.76. The van der Waals surface area contributed by atoms with Crippen molar-refractivity contribution in [3.8, 4) is 5.75 Å². The Bertz CT molecular complexity index is 665. The zero-order chi connectivity index (χ0) is 18.9. The van der Waals surface area contributed by atoms with E-state index in [0.717, 1.165) is 63.9 Å². The van der Waals surface area contributed by atoms with Gasteiger partial charge in [0.1, 0.15) is 5.75 Å². The van der Waals surface area contributed by atoms with Crippen LogP contribution in [0.25, 0.3) is 0 Å². The van der Waals surface area contributed by atoms with Gasteiger partial charge in [-0.3, -0.25) is 9.80 Å². The van der Waals surface area contributed by atoms with E-state index >= 15 is 0 Å². The maximum atomic E-state index is 5.20. The fourth-order valence-electron chi connectivity index (χ4n) is 3.33.